The van der Waals surface area contributed by atoms with Gasteiger partial charge in [-0.15, -0.1) is 0 Å². The van der Waals surface area contributed by atoms with Gasteiger partial charge in [0.1, 0.15) is 5.92 Å². The molecule has 0 aromatic rings. The lowest BCUT2D eigenvalue weighted by Crippen LogP contribution is -2.46. The highest BCUT2D eigenvalue weighted by atomic mass is 16.5. The van der Waals surface area contributed by atoms with Gasteiger partial charge in [-0.1, -0.05) is 13.3 Å². The van der Waals surface area contributed by atoms with Gasteiger partial charge in [-0.2, -0.15) is 0 Å². The molecule has 1 rings (SSSR count). The van der Waals surface area contributed by atoms with Gasteiger partial charge in [0.15, 0.2) is 0 Å². The molecule has 5 heteroatoms. The molecule has 2 atom stereocenters. The number of hydrogen-bond donors (Lipinski definition) is 1. The second-order valence-electron chi connectivity index (χ2n) is 4.33. The van der Waals surface area contributed by atoms with Gasteiger partial charge in [-0.05, 0) is 13.3 Å². The fourth-order valence-electron chi connectivity index (χ4n) is 2.15. The molecule has 5 nitrogen and oxygen atoms in total. The quantitative estimate of drug-likeness (QED) is 0.759. The molecule has 1 saturated heterocycles. The van der Waals surface area contributed by atoms with Gasteiger partial charge in [-0.25, -0.2) is 0 Å². The van der Waals surface area contributed by atoms with E-state index in [-0.39, 0.29) is 18.6 Å². The lowest BCUT2D eigenvalue weighted by atomic mass is 10.0. The number of likely N-dealkylation sites (N-methyl/N-ethyl adjacent to an activating group) is 1. The highest BCUT2D eigenvalue weighted by Gasteiger charge is 2.39. The molecular weight excluding hydrogens is 222 g/mol. The highest BCUT2D eigenvalue weighted by molar-refractivity contribution is 5.78. The molecule has 17 heavy (non-hydrogen) atoms. The molecule has 1 aliphatic rings. The van der Waals surface area contributed by atoms with Crippen molar-refractivity contribution in [3.63, 3.8) is 0 Å². The molecule has 0 aromatic carbocycles. The Balaban J connectivity index is 2.65. The van der Waals surface area contributed by atoms with E-state index in [4.69, 9.17) is 9.84 Å². The number of hydrogen-bond acceptors (Lipinski definition) is 3. The summed E-state index contributed by atoms with van der Waals surface area (Å²) in [5.74, 6) is -1.43. The number of carboxylic acid groups (broad SMARTS) is 1. The van der Waals surface area contributed by atoms with Gasteiger partial charge in [0.2, 0.25) is 5.91 Å². The maximum Gasteiger partial charge on any atom is 0.311 e. The van der Waals surface area contributed by atoms with Crippen LogP contribution in [0.5, 0.6) is 0 Å². The molecule has 0 bridgehead atoms. The average molecular weight is 243 g/mol. The molecule has 0 aliphatic carbocycles. The van der Waals surface area contributed by atoms with Gasteiger partial charge in [0.25, 0.3) is 0 Å². The monoisotopic (exact) mass is 243 g/mol. The zero-order chi connectivity index (χ0) is 12.8. The molecule has 1 aliphatic heterocycles. The number of aliphatic carboxylic acids is 1. The maximum atomic E-state index is 12.0. The first-order valence-electron chi connectivity index (χ1n) is 6.21. The number of carboxylic acids is 1. The van der Waals surface area contributed by atoms with Crippen molar-refractivity contribution in [2.75, 3.05) is 19.8 Å². The first-order chi connectivity index (χ1) is 8.11. The lowest BCUT2D eigenvalue weighted by Gasteiger charge is -2.29. The Morgan fingerprint density at radius 2 is 2.06 bits per heavy atom. The zero-order valence-electron chi connectivity index (χ0n) is 10.5. The van der Waals surface area contributed by atoms with Crippen LogP contribution in [0.2, 0.25) is 0 Å². The van der Waals surface area contributed by atoms with E-state index < -0.39 is 11.9 Å². The van der Waals surface area contributed by atoms with Crippen LogP contribution in [-0.4, -0.2) is 47.7 Å². The average Bonchev–Trinajstić information content (AvgIpc) is 2.76. The number of carbonyl (C=O) groups excluding carboxylic acids is 1. The summed E-state index contributed by atoms with van der Waals surface area (Å²) in [6, 6.07) is -0.304. The van der Waals surface area contributed by atoms with E-state index in [0.717, 1.165) is 12.8 Å². The number of carbonyl (C=O) groups is 2. The van der Waals surface area contributed by atoms with E-state index in [1.165, 1.54) is 0 Å². The topological polar surface area (TPSA) is 66.8 Å². The van der Waals surface area contributed by atoms with Crippen molar-refractivity contribution < 1.29 is 19.4 Å². The van der Waals surface area contributed by atoms with E-state index in [0.29, 0.717) is 19.6 Å². The molecule has 0 radical (unpaired) electrons. The molecule has 1 fully saturated rings. The first kappa shape index (κ1) is 14.0. The van der Waals surface area contributed by atoms with E-state index in [1.54, 1.807) is 4.90 Å². The number of nitrogens with zero attached hydrogens (tertiary/aromatic N) is 1. The fraction of sp³-hybridized carbons (Fsp3) is 0.833. The predicted octanol–water partition coefficient (Wildman–Crippen LogP) is 1.12. The molecule has 1 amide bonds. The Bertz CT molecular complexity index is 280. The molecular formula is C12H21NO4. The standard InChI is InChI=1S/C12H21NO4/c1-3-5-6-11(14)13(4-2)10-8-17-7-9(10)12(15)16/h9-10H,3-8H2,1-2H3,(H,15,16). The van der Waals surface area contributed by atoms with Gasteiger partial charge in [0.05, 0.1) is 19.3 Å². The van der Waals surface area contributed by atoms with Crippen molar-refractivity contribution in [2.24, 2.45) is 5.92 Å². The molecule has 1 heterocycles. The molecule has 0 saturated carbocycles. The van der Waals surface area contributed by atoms with Gasteiger partial charge in [0, 0.05) is 13.0 Å². The van der Waals surface area contributed by atoms with Crippen molar-refractivity contribution >= 4 is 11.9 Å². The third kappa shape index (κ3) is 3.43. The van der Waals surface area contributed by atoms with Crippen molar-refractivity contribution in [1.29, 1.82) is 0 Å². The number of ether oxygens (including phenoxy) is 1. The van der Waals surface area contributed by atoms with Crippen LogP contribution in [0.15, 0.2) is 0 Å². The third-order valence-electron chi connectivity index (χ3n) is 3.17. The normalized spacial score (nSPS) is 23.6. The Morgan fingerprint density at radius 1 is 1.35 bits per heavy atom. The first-order valence-corrected chi connectivity index (χ1v) is 6.21. The van der Waals surface area contributed by atoms with Crippen molar-refractivity contribution in [2.45, 2.75) is 39.2 Å². The van der Waals surface area contributed by atoms with Crippen LogP contribution >= 0.6 is 0 Å². The largest absolute Gasteiger partial charge is 0.481 e. The van der Waals surface area contributed by atoms with Crippen molar-refractivity contribution in [3.8, 4) is 0 Å². The number of unbranched alkanes of at least 4 members (excludes halogenated alkanes) is 1. The van der Waals surface area contributed by atoms with Crippen LogP contribution in [0.3, 0.4) is 0 Å². The van der Waals surface area contributed by atoms with E-state index in [2.05, 4.69) is 0 Å². The summed E-state index contributed by atoms with van der Waals surface area (Å²) in [7, 11) is 0. The Labute approximate surface area is 102 Å². The van der Waals surface area contributed by atoms with Crippen LogP contribution in [0, 0.1) is 5.92 Å². The fourth-order valence-corrected chi connectivity index (χ4v) is 2.15. The minimum atomic E-state index is -0.880. The van der Waals surface area contributed by atoms with Gasteiger partial charge in [-0.3, -0.25) is 9.59 Å². The minimum absolute atomic E-state index is 0.0381. The summed E-state index contributed by atoms with van der Waals surface area (Å²) < 4.78 is 5.19. The lowest BCUT2D eigenvalue weighted by molar-refractivity contribution is -0.145. The minimum Gasteiger partial charge on any atom is -0.481 e. The summed E-state index contributed by atoms with van der Waals surface area (Å²) in [5.41, 5.74) is 0. The van der Waals surface area contributed by atoms with E-state index in [1.807, 2.05) is 13.8 Å². The van der Waals surface area contributed by atoms with E-state index >= 15 is 0 Å². The van der Waals surface area contributed by atoms with Crippen LogP contribution in [0.4, 0.5) is 0 Å². The van der Waals surface area contributed by atoms with Crippen molar-refractivity contribution in [3.05, 3.63) is 0 Å². The Hall–Kier alpha value is -1.10. The second kappa shape index (κ2) is 6.59. The summed E-state index contributed by atoms with van der Waals surface area (Å²) in [6.07, 6.45) is 2.31. The molecule has 98 valence electrons. The van der Waals surface area contributed by atoms with Gasteiger partial charge < -0.3 is 14.7 Å². The number of rotatable bonds is 6. The molecule has 0 aromatic heterocycles. The van der Waals surface area contributed by atoms with Crippen LogP contribution in [-0.2, 0) is 14.3 Å². The molecule has 0 spiro atoms. The van der Waals surface area contributed by atoms with Crippen LogP contribution in [0.1, 0.15) is 33.1 Å². The molecule has 1 N–H and O–H groups in total. The predicted molar refractivity (Wildman–Crippen MR) is 62.6 cm³/mol. The third-order valence-corrected chi connectivity index (χ3v) is 3.17. The van der Waals surface area contributed by atoms with Crippen molar-refractivity contribution in [1.82, 2.24) is 4.90 Å². The highest BCUT2D eigenvalue weighted by Crippen LogP contribution is 2.21. The Kier molecular flexibility index (Phi) is 5.41. The molecule has 2 unspecified atom stereocenters. The van der Waals surface area contributed by atoms with Gasteiger partial charge >= 0.3 is 5.97 Å². The smallest absolute Gasteiger partial charge is 0.311 e. The summed E-state index contributed by atoms with van der Waals surface area (Å²) in [6.45, 7) is 4.99. The second-order valence-corrected chi connectivity index (χ2v) is 4.33. The Morgan fingerprint density at radius 3 is 2.59 bits per heavy atom. The van der Waals surface area contributed by atoms with Crippen LogP contribution in [0.25, 0.3) is 0 Å². The summed E-state index contributed by atoms with van der Waals surface area (Å²) in [5, 5.41) is 9.07. The van der Waals surface area contributed by atoms with Crippen LogP contribution < -0.4 is 0 Å². The van der Waals surface area contributed by atoms with E-state index in [9.17, 15) is 9.59 Å². The maximum absolute atomic E-state index is 12.0. The SMILES string of the molecule is CCCCC(=O)N(CC)C1COCC1C(=O)O. The number of amides is 1. The summed E-state index contributed by atoms with van der Waals surface area (Å²) in [4.78, 5) is 24.7. The zero-order valence-corrected chi connectivity index (χ0v) is 10.5. The summed E-state index contributed by atoms with van der Waals surface area (Å²) >= 11 is 0.